The number of carbonyl (C=O) groups is 1. The second kappa shape index (κ2) is 10.0. The molecule has 7 heteroatoms. The van der Waals surface area contributed by atoms with Crippen LogP contribution in [-0.4, -0.2) is 32.0 Å². The van der Waals surface area contributed by atoms with E-state index in [1.165, 1.54) is 23.4 Å². The van der Waals surface area contributed by atoms with Gasteiger partial charge in [-0.1, -0.05) is 27.7 Å². The number of rotatable bonds is 6. The lowest BCUT2D eigenvalue weighted by Gasteiger charge is -2.48. The molecule has 2 aliphatic heterocycles. The van der Waals surface area contributed by atoms with Crippen molar-refractivity contribution in [3.05, 3.63) is 85.6 Å². The van der Waals surface area contributed by atoms with Gasteiger partial charge in [-0.2, -0.15) is 0 Å². The minimum Gasteiger partial charge on any atom is -0.422 e. The Bertz CT molecular complexity index is 1890. The van der Waals surface area contributed by atoms with E-state index >= 15 is 0 Å². The van der Waals surface area contributed by atoms with Crippen molar-refractivity contribution in [2.24, 2.45) is 0 Å². The Labute approximate surface area is 245 Å². The van der Waals surface area contributed by atoms with E-state index in [9.17, 15) is 14.4 Å². The molecule has 0 radical (unpaired) electrons. The molecular formula is C35H38N2O5. The second-order valence-corrected chi connectivity index (χ2v) is 12.8. The third-order valence-electron chi connectivity index (χ3n) is 9.29. The van der Waals surface area contributed by atoms with Crippen molar-refractivity contribution in [2.45, 2.75) is 65.2 Å². The van der Waals surface area contributed by atoms with E-state index < -0.39 is 17.0 Å². The van der Waals surface area contributed by atoms with Crippen LogP contribution in [-0.2, 0) is 10.8 Å². The van der Waals surface area contributed by atoms with Gasteiger partial charge in [-0.05, 0) is 85.6 Å². The number of nitrogens with zero attached hydrogens (tertiary/aromatic N) is 2. The first kappa shape index (κ1) is 28.0. The molecule has 4 aromatic rings. The minimum atomic E-state index is -0.675. The number of hydrogen-bond acceptors (Lipinski definition) is 7. The molecular weight excluding hydrogens is 528 g/mol. The van der Waals surface area contributed by atoms with Crippen molar-refractivity contribution < 1.29 is 13.6 Å². The van der Waals surface area contributed by atoms with Crippen LogP contribution in [0, 0.1) is 0 Å². The van der Waals surface area contributed by atoms with Crippen molar-refractivity contribution in [1.82, 2.24) is 0 Å². The van der Waals surface area contributed by atoms with Crippen molar-refractivity contribution in [3.8, 4) is 0 Å². The Hall–Kier alpha value is -4.13. The van der Waals surface area contributed by atoms with Crippen LogP contribution in [0.25, 0.3) is 28.0 Å². The summed E-state index contributed by atoms with van der Waals surface area (Å²) in [5.74, 6) is -0.520. The van der Waals surface area contributed by atoms with Gasteiger partial charge in [0.2, 0.25) is 0 Å². The maximum atomic E-state index is 13.3. The molecule has 42 heavy (non-hydrogen) atoms. The molecule has 0 fully saturated rings. The summed E-state index contributed by atoms with van der Waals surface area (Å²) in [5.41, 5.74) is 4.23. The normalized spacial score (nSPS) is 17.1. The summed E-state index contributed by atoms with van der Waals surface area (Å²) in [7, 11) is 0. The molecule has 0 spiro atoms. The molecule has 0 atom stereocenters. The molecule has 218 valence electrons. The van der Waals surface area contributed by atoms with Crippen LogP contribution in [0.4, 0.5) is 11.4 Å². The first-order valence-electron chi connectivity index (χ1n) is 14.9. The maximum absolute atomic E-state index is 13.3. The van der Waals surface area contributed by atoms with Crippen LogP contribution < -0.4 is 21.1 Å². The lowest BCUT2D eigenvalue weighted by Crippen LogP contribution is -2.44. The molecule has 0 N–H and O–H groups in total. The zero-order valence-electron chi connectivity index (χ0n) is 25.3. The quantitative estimate of drug-likeness (QED) is 0.144. The van der Waals surface area contributed by atoms with E-state index in [2.05, 4.69) is 57.4 Å². The Balaban J connectivity index is 1.39. The standard InChI is InChI=1S/C35H38N2O5/c1-7-36(8-2)24-11-9-21-17-22(32(39)41-28(21)20-24)10-12-27(38)25-18-23-19-26-30-29(31(23)42-33(25)40)35(5,6)14-16-37(30)15-13-34(26,3)4/h9-12,17-20H,7-8,13-16H2,1-6H3/b12-10+. The van der Waals surface area contributed by atoms with Crippen molar-refractivity contribution in [1.29, 1.82) is 0 Å². The average Bonchev–Trinajstić information content (AvgIpc) is 2.94. The average molecular weight is 567 g/mol. The Morgan fingerprint density at radius 2 is 1.62 bits per heavy atom. The third kappa shape index (κ3) is 4.55. The number of benzene rings is 2. The molecule has 0 amide bonds. The fraction of sp³-hybridized carbons (Fsp3) is 0.400. The smallest absolute Gasteiger partial charge is 0.347 e. The van der Waals surface area contributed by atoms with E-state index in [1.807, 2.05) is 18.2 Å². The minimum absolute atomic E-state index is 0.0430. The zero-order chi connectivity index (χ0) is 30.0. The highest BCUT2D eigenvalue weighted by atomic mass is 16.4. The Kier molecular flexibility index (Phi) is 6.67. The number of carbonyl (C=O) groups excluding carboxylic acids is 1. The highest BCUT2D eigenvalue weighted by Crippen LogP contribution is 2.51. The molecule has 0 saturated carbocycles. The van der Waals surface area contributed by atoms with Gasteiger partial charge in [0.15, 0.2) is 5.78 Å². The molecule has 6 rings (SSSR count). The molecule has 0 saturated heterocycles. The summed E-state index contributed by atoms with van der Waals surface area (Å²) in [5, 5.41) is 1.50. The highest BCUT2D eigenvalue weighted by Gasteiger charge is 2.42. The van der Waals surface area contributed by atoms with Gasteiger partial charge >= 0.3 is 11.3 Å². The van der Waals surface area contributed by atoms with Crippen LogP contribution in [0.5, 0.6) is 0 Å². The number of allylic oxidation sites excluding steroid dienone is 1. The van der Waals surface area contributed by atoms with Gasteiger partial charge < -0.3 is 18.6 Å². The highest BCUT2D eigenvalue weighted by molar-refractivity contribution is 6.08. The second-order valence-electron chi connectivity index (χ2n) is 12.8. The molecule has 4 heterocycles. The predicted octanol–water partition coefficient (Wildman–Crippen LogP) is 6.81. The molecule has 2 aromatic carbocycles. The van der Waals surface area contributed by atoms with E-state index in [0.29, 0.717) is 11.2 Å². The molecule has 0 unspecified atom stereocenters. The summed E-state index contributed by atoms with van der Waals surface area (Å²) >= 11 is 0. The van der Waals surface area contributed by atoms with Crippen LogP contribution in [0.1, 0.15) is 81.4 Å². The summed E-state index contributed by atoms with van der Waals surface area (Å²) in [4.78, 5) is 43.9. The van der Waals surface area contributed by atoms with Crippen LogP contribution in [0.3, 0.4) is 0 Å². The summed E-state index contributed by atoms with van der Waals surface area (Å²) in [6.45, 7) is 16.7. The van der Waals surface area contributed by atoms with Gasteiger partial charge in [0.05, 0.1) is 5.56 Å². The van der Waals surface area contributed by atoms with Crippen LogP contribution in [0.2, 0.25) is 0 Å². The van der Waals surface area contributed by atoms with E-state index in [0.717, 1.165) is 61.0 Å². The fourth-order valence-electron chi connectivity index (χ4n) is 6.60. The molecule has 2 aromatic heterocycles. The predicted molar refractivity (Wildman–Crippen MR) is 169 cm³/mol. The Morgan fingerprint density at radius 1 is 0.905 bits per heavy atom. The molecule has 2 aliphatic rings. The third-order valence-corrected chi connectivity index (χ3v) is 9.29. The number of ketones is 1. The zero-order valence-corrected chi connectivity index (χ0v) is 25.3. The van der Waals surface area contributed by atoms with Crippen molar-refractivity contribution in [2.75, 3.05) is 36.0 Å². The monoisotopic (exact) mass is 566 g/mol. The van der Waals surface area contributed by atoms with Gasteiger partial charge in [-0.25, -0.2) is 9.59 Å². The molecule has 0 aliphatic carbocycles. The molecule has 0 bridgehead atoms. The first-order chi connectivity index (χ1) is 19.9. The SMILES string of the molecule is CCN(CC)c1ccc2cc(/C=C/C(=O)c3cc4cc5c6c(c4oc3=O)C(C)(C)CCN6CCC5(C)C)c(=O)oc2c1. The number of anilines is 2. The number of fused-ring (bicyclic) bond motifs is 3. The van der Waals surface area contributed by atoms with Crippen LogP contribution in [0.15, 0.2) is 60.9 Å². The van der Waals surface area contributed by atoms with Gasteiger partial charge in [0, 0.05) is 60.0 Å². The summed E-state index contributed by atoms with van der Waals surface area (Å²) < 4.78 is 11.5. The van der Waals surface area contributed by atoms with Gasteiger partial charge in [0.1, 0.15) is 16.7 Å². The Morgan fingerprint density at radius 3 is 2.33 bits per heavy atom. The topological polar surface area (TPSA) is 84.0 Å². The summed E-state index contributed by atoms with van der Waals surface area (Å²) in [6, 6.07) is 11.2. The largest absolute Gasteiger partial charge is 0.422 e. The fourth-order valence-corrected chi connectivity index (χ4v) is 6.60. The van der Waals surface area contributed by atoms with E-state index in [1.54, 1.807) is 12.1 Å². The number of hydrogen-bond donors (Lipinski definition) is 0. The molecule has 7 nitrogen and oxygen atoms in total. The van der Waals surface area contributed by atoms with Crippen molar-refractivity contribution in [3.63, 3.8) is 0 Å². The lowest BCUT2D eigenvalue weighted by atomic mass is 9.69. The van der Waals surface area contributed by atoms with Crippen molar-refractivity contribution >= 4 is 45.2 Å². The van der Waals surface area contributed by atoms with E-state index in [4.69, 9.17) is 8.83 Å². The van der Waals surface area contributed by atoms with Crippen LogP contribution >= 0.6 is 0 Å². The maximum Gasteiger partial charge on any atom is 0.347 e. The first-order valence-corrected chi connectivity index (χ1v) is 14.9. The van der Waals surface area contributed by atoms with Gasteiger partial charge in [-0.15, -0.1) is 0 Å². The van der Waals surface area contributed by atoms with Gasteiger partial charge in [-0.3, -0.25) is 4.79 Å². The lowest BCUT2D eigenvalue weighted by molar-refractivity contribution is 0.104. The van der Waals surface area contributed by atoms with E-state index in [-0.39, 0.29) is 22.0 Å². The van der Waals surface area contributed by atoms with Gasteiger partial charge in [0.25, 0.3) is 0 Å². The summed E-state index contributed by atoms with van der Waals surface area (Å²) in [6.07, 6.45) is 4.65.